The zero-order valence-corrected chi connectivity index (χ0v) is 16.8. The number of carbonyl (C=O) groups excluding carboxylic acids is 1. The fourth-order valence-electron chi connectivity index (χ4n) is 2.43. The van der Waals surface area contributed by atoms with Crippen molar-refractivity contribution in [2.24, 2.45) is 0 Å². The standard InChI is InChI=1S/C20H17ClN2O4S/c1-13-7-9-15(10-8-13)12-28(25,26)20-22-11-16(21)18(23-20)19(24)27-17-6-4-3-5-14(17)2/h3-11H,12H2,1-2H3. The van der Waals surface area contributed by atoms with Crippen molar-refractivity contribution in [2.45, 2.75) is 24.8 Å². The zero-order chi connectivity index (χ0) is 20.3. The molecule has 1 aromatic heterocycles. The fraction of sp³-hybridized carbons (Fsp3) is 0.150. The zero-order valence-electron chi connectivity index (χ0n) is 15.2. The highest BCUT2D eigenvalue weighted by Gasteiger charge is 2.24. The average Bonchev–Trinajstić information content (AvgIpc) is 2.65. The van der Waals surface area contributed by atoms with Gasteiger partial charge >= 0.3 is 5.97 Å². The second kappa shape index (κ2) is 8.08. The Balaban J connectivity index is 1.89. The van der Waals surface area contributed by atoms with Crippen LogP contribution in [-0.4, -0.2) is 24.4 Å². The van der Waals surface area contributed by atoms with Crippen LogP contribution in [0.15, 0.2) is 59.9 Å². The smallest absolute Gasteiger partial charge is 0.364 e. The van der Waals surface area contributed by atoms with Crippen molar-refractivity contribution in [1.29, 1.82) is 0 Å². The van der Waals surface area contributed by atoms with Crippen LogP contribution in [0.25, 0.3) is 0 Å². The molecular formula is C20H17ClN2O4S. The van der Waals surface area contributed by atoms with Crippen LogP contribution in [0.1, 0.15) is 27.2 Å². The highest BCUT2D eigenvalue weighted by molar-refractivity contribution is 7.90. The van der Waals surface area contributed by atoms with Crippen LogP contribution in [0.3, 0.4) is 0 Å². The molecule has 0 aliphatic carbocycles. The van der Waals surface area contributed by atoms with E-state index in [1.807, 2.05) is 19.1 Å². The molecule has 2 aromatic carbocycles. The van der Waals surface area contributed by atoms with E-state index < -0.39 is 21.0 Å². The van der Waals surface area contributed by atoms with Crippen LogP contribution in [0.5, 0.6) is 5.75 Å². The summed E-state index contributed by atoms with van der Waals surface area (Å²) < 4.78 is 30.6. The van der Waals surface area contributed by atoms with Gasteiger partial charge in [0.2, 0.25) is 15.0 Å². The molecule has 0 atom stereocenters. The fourth-order valence-corrected chi connectivity index (χ4v) is 3.80. The Morgan fingerprint density at radius 3 is 2.43 bits per heavy atom. The third kappa shape index (κ3) is 4.55. The largest absolute Gasteiger partial charge is 0.421 e. The van der Waals surface area contributed by atoms with Crippen molar-refractivity contribution in [3.8, 4) is 5.75 Å². The summed E-state index contributed by atoms with van der Waals surface area (Å²) in [6.45, 7) is 3.69. The van der Waals surface area contributed by atoms with Crippen LogP contribution in [0.2, 0.25) is 5.02 Å². The Bertz CT molecular complexity index is 1130. The van der Waals surface area contributed by atoms with Gasteiger partial charge < -0.3 is 4.74 Å². The van der Waals surface area contributed by atoms with Crippen molar-refractivity contribution < 1.29 is 17.9 Å². The second-order valence-corrected chi connectivity index (χ2v) is 8.54. The van der Waals surface area contributed by atoms with Gasteiger partial charge in [-0.2, -0.15) is 0 Å². The van der Waals surface area contributed by atoms with Crippen molar-refractivity contribution in [3.63, 3.8) is 0 Å². The maximum absolute atomic E-state index is 12.7. The lowest BCUT2D eigenvalue weighted by atomic mass is 10.2. The monoisotopic (exact) mass is 416 g/mol. The number of hydrogen-bond donors (Lipinski definition) is 0. The number of aromatic nitrogens is 2. The Morgan fingerprint density at radius 2 is 1.75 bits per heavy atom. The van der Waals surface area contributed by atoms with E-state index in [1.165, 1.54) is 0 Å². The summed E-state index contributed by atoms with van der Waals surface area (Å²) in [5, 5.41) is -0.568. The van der Waals surface area contributed by atoms with Gasteiger partial charge in [0.05, 0.1) is 17.0 Å². The second-order valence-electron chi connectivity index (χ2n) is 6.25. The number of esters is 1. The summed E-state index contributed by atoms with van der Waals surface area (Å²) in [5.74, 6) is -0.805. The SMILES string of the molecule is Cc1ccc(CS(=O)(=O)c2ncc(Cl)c(C(=O)Oc3ccccc3C)n2)cc1. The molecule has 3 rings (SSSR count). The lowest BCUT2D eigenvalue weighted by Crippen LogP contribution is -2.16. The maximum atomic E-state index is 12.7. The molecule has 0 N–H and O–H groups in total. The molecule has 0 amide bonds. The van der Waals surface area contributed by atoms with Gasteiger partial charge in [0.15, 0.2) is 5.69 Å². The van der Waals surface area contributed by atoms with Gasteiger partial charge in [-0.3, -0.25) is 0 Å². The molecule has 0 aliphatic rings. The van der Waals surface area contributed by atoms with Gasteiger partial charge in [0.25, 0.3) is 0 Å². The average molecular weight is 417 g/mol. The molecule has 0 aliphatic heterocycles. The number of hydrogen-bond acceptors (Lipinski definition) is 6. The van der Waals surface area contributed by atoms with Crippen molar-refractivity contribution >= 4 is 27.4 Å². The number of rotatable bonds is 5. The van der Waals surface area contributed by atoms with E-state index in [9.17, 15) is 13.2 Å². The predicted molar refractivity (Wildman–Crippen MR) is 105 cm³/mol. The Hall–Kier alpha value is -2.77. The van der Waals surface area contributed by atoms with E-state index in [1.54, 1.807) is 43.3 Å². The van der Waals surface area contributed by atoms with E-state index in [0.29, 0.717) is 11.3 Å². The summed E-state index contributed by atoms with van der Waals surface area (Å²) in [5.41, 5.74) is 2.05. The summed E-state index contributed by atoms with van der Waals surface area (Å²) >= 11 is 6.00. The molecule has 28 heavy (non-hydrogen) atoms. The van der Waals surface area contributed by atoms with Gasteiger partial charge in [-0.25, -0.2) is 23.2 Å². The number of benzene rings is 2. The third-order valence-electron chi connectivity index (χ3n) is 3.97. The normalized spacial score (nSPS) is 11.2. The Morgan fingerprint density at radius 1 is 1.07 bits per heavy atom. The van der Waals surface area contributed by atoms with Crippen molar-refractivity contribution in [1.82, 2.24) is 9.97 Å². The van der Waals surface area contributed by atoms with Gasteiger partial charge in [-0.05, 0) is 31.0 Å². The number of carbonyl (C=O) groups is 1. The minimum Gasteiger partial charge on any atom is -0.421 e. The molecule has 0 saturated heterocycles. The van der Waals surface area contributed by atoms with Crippen LogP contribution in [0.4, 0.5) is 0 Å². The lowest BCUT2D eigenvalue weighted by molar-refractivity contribution is 0.0726. The molecule has 0 unspecified atom stereocenters. The Kier molecular flexibility index (Phi) is 5.76. The number of halogens is 1. The van der Waals surface area contributed by atoms with Gasteiger partial charge in [-0.15, -0.1) is 0 Å². The number of sulfone groups is 1. The molecule has 0 spiro atoms. The van der Waals surface area contributed by atoms with Crippen LogP contribution in [0, 0.1) is 13.8 Å². The molecule has 0 radical (unpaired) electrons. The highest BCUT2D eigenvalue weighted by Crippen LogP contribution is 2.22. The van der Waals surface area contributed by atoms with Crippen molar-refractivity contribution in [3.05, 3.63) is 82.1 Å². The van der Waals surface area contributed by atoms with Crippen LogP contribution < -0.4 is 4.74 Å². The summed E-state index contributed by atoms with van der Waals surface area (Å²) in [7, 11) is -3.87. The number of para-hydroxylation sites is 1. The molecule has 6 nitrogen and oxygen atoms in total. The number of ether oxygens (including phenoxy) is 1. The molecule has 8 heteroatoms. The lowest BCUT2D eigenvalue weighted by Gasteiger charge is -2.09. The molecule has 0 saturated carbocycles. The molecule has 1 heterocycles. The minimum absolute atomic E-state index is 0.0899. The first-order valence-electron chi connectivity index (χ1n) is 8.35. The predicted octanol–water partition coefficient (Wildman–Crippen LogP) is 3.94. The van der Waals surface area contributed by atoms with E-state index in [0.717, 1.165) is 17.3 Å². The van der Waals surface area contributed by atoms with E-state index >= 15 is 0 Å². The molecular weight excluding hydrogens is 400 g/mol. The summed E-state index contributed by atoms with van der Waals surface area (Å²) in [6.07, 6.45) is 1.09. The molecule has 144 valence electrons. The number of nitrogens with zero attached hydrogens (tertiary/aromatic N) is 2. The van der Waals surface area contributed by atoms with Gasteiger partial charge in [0.1, 0.15) is 5.75 Å². The van der Waals surface area contributed by atoms with Crippen LogP contribution >= 0.6 is 11.6 Å². The minimum atomic E-state index is -3.87. The first kappa shape index (κ1) is 20.0. The van der Waals surface area contributed by atoms with E-state index in [2.05, 4.69) is 9.97 Å². The van der Waals surface area contributed by atoms with Gasteiger partial charge in [0, 0.05) is 0 Å². The molecule has 0 fully saturated rings. The summed E-state index contributed by atoms with van der Waals surface area (Å²) in [6, 6.07) is 14.0. The molecule has 0 bridgehead atoms. The maximum Gasteiger partial charge on any atom is 0.364 e. The third-order valence-corrected chi connectivity index (χ3v) is 5.71. The van der Waals surface area contributed by atoms with E-state index in [-0.39, 0.29) is 16.5 Å². The number of aryl methyl sites for hydroxylation is 2. The first-order valence-corrected chi connectivity index (χ1v) is 10.4. The quantitative estimate of drug-likeness (QED) is 0.355. The van der Waals surface area contributed by atoms with Crippen molar-refractivity contribution in [2.75, 3.05) is 0 Å². The van der Waals surface area contributed by atoms with Crippen LogP contribution in [-0.2, 0) is 15.6 Å². The molecule has 3 aromatic rings. The van der Waals surface area contributed by atoms with E-state index in [4.69, 9.17) is 16.3 Å². The summed E-state index contributed by atoms with van der Waals surface area (Å²) in [4.78, 5) is 20.1. The Labute approximate surface area is 168 Å². The highest BCUT2D eigenvalue weighted by atomic mass is 35.5. The topological polar surface area (TPSA) is 86.2 Å². The van der Waals surface area contributed by atoms with Gasteiger partial charge in [-0.1, -0.05) is 59.6 Å². The first-order chi connectivity index (χ1) is 13.3.